The van der Waals surface area contributed by atoms with Gasteiger partial charge in [0.05, 0.1) is 28.2 Å². The summed E-state index contributed by atoms with van der Waals surface area (Å²) in [7, 11) is -0.149. The molecule has 0 atom stereocenters. The molecule has 0 spiro atoms. The van der Waals surface area contributed by atoms with Gasteiger partial charge in [0.15, 0.2) is 0 Å². The monoisotopic (exact) mass is 375 g/mol. The summed E-state index contributed by atoms with van der Waals surface area (Å²) in [4.78, 5) is 12.8. The lowest BCUT2D eigenvalue weighted by Gasteiger charge is -2.12. The van der Waals surface area contributed by atoms with E-state index in [9.17, 15) is 13.2 Å². The standard InChI is InChI=1S/C17H21N5O3S/c1-17(7-8-17)19-26(24,25)13-4-5-14-15(10-13)21(3)16(23)22(14)11-12-6-9-20(2)18-12/h4-6,9-10,19H,7-8,11H2,1-3H3. The maximum atomic E-state index is 12.6. The Morgan fingerprint density at radius 1 is 1.19 bits per heavy atom. The second kappa shape index (κ2) is 5.55. The highest BCUT2D eigenvalue weighted by Gasteiger charge is 2.41. The number of hydrogen-bond acceptors (Lipinski definition) is 4. The summed E-state index contributed by atoms with van der Waals surface area (Å²) in [5.41, 5.74) is 1.48. The van der Waals surface area contributed by atoms with Crippen LogP contribution in [-0.4, -0.2) is 32.9 Å². The van der Waals surface area contributed by atoms with Crippen molar-refractivity contribution in [3.05, 3.63) is 46.6 Å². The van der Waals surface area contributed by atoms with Crippen molar-refractivity contribution in [1.82, 2.24) is 23.6 Å². The molecule has 138 valence electrons. The molecule has 1 N–H and O–H groups in total. The van der Waals surface area contributed by atoms with Crippen molar-refractivity contribution in [1.29, 1.82) is 0 Å². The number of imidazole rings is 1. The second-order valence-corrected chi connectivity index (χ2v) is 8.91. The highest BCUT2D eigenvalue weighted by atomic mass is 32.2. The van der Waals surface area contributed by atoms with Crippen LogP contribution in [0, 0.1) is 0 Å². The molecule has 1 saturated carbocycles. The van der Waals surface area contributed by atoms with E-state index in [1.165, 1.54) is 4.57 Å². The van der Waals surface area contributed by atoms with E-state index in [4.69, 9.17) is 0 Å². The summed E-state index contributed by atoms with van der Waals surface area (Å²) in [6.07, 6.45) is 3.50. The van der Waals surface area contributed by atoms with Crippen LogP contribution in [0.2, 0.25) is 0 Å². The van der Waals surface area contributed by atoms with E-state index >= 15 is 0 Å². The average Bonchev–Trinajstić information content (AvgIpc) is 3.06. The largest absolute Gasteiger partial charge is 0.329 e. The summed E-state index contributed by atoms with van der Waals surface area (Å²) in [5.74, 6) is 0. The van der Waals surface area contributed by atoms with Crippen LogP contribution in [-0.2, 0) is 30.7 Å². The zero-order valence-electron chi connectivity index (χ0n) is 14.9. The van der Waals surface area contributed by atoms with Gasteiger partial charge in [-0.2, -0.15) is 5.10 Å². The number of sulfonamides is 1. The molecule has 0 radical (unpaired) electrons. The fraction of sp³-hybridized carbons (Fsp3) is 0.412. The maximum Gasteiger partial charge on any atom is 0.329 e. The minimum Gasteiger partial charge on any atom is -0.295 e. The molecule has 1 fully saturated rings. The van der Waals surface area contributed by atoms with Crippen molar-refractivity contribution in [2.24, 2.45) is 14.1 Å². The lowest BCUT2D eigenvalue weighted by molar-refractivity contribution is 0.558. The highest BCUT2D eigenvalue weighted by Crippen LogP contribution is 2.36. The third-order valence-electron chi connectivity index (χ3n) is 4.90. The fourth-order valence-electron chi connectivity index (χ4n) is 3.09. The lowest BCUT2D eigenvalue weighted by atomic mass is 10.3. The van der Waals surface area contributed by atoms with E-state index in [1.54, 1.807) is 34.5 Å². The normalized spacial score (nSPS) is 16.3. The van der Waals surface area contributed by atoms with Gasteiger partial charge in [-0.25, -0.2) is 17.9 Å². The molecule has 4 rings (SSSR count). The predicted octanol–water partition coefficient (Wildman–Crippen LogP) is 0.953. The number of fused-ring (bicyclic) bond motifs is 1. The third-order valence-corrected chi connectivity index (χ3v) is 6.53. The Kier molecular flexibility index (Phi) is 3.64. The van der Waals surface area contributed by atoms with Gasteiger partial charge in [-0.15, -0.1) is 0 Å². The zero-order valence-corrected chi connectivity index (χ0v) is 15.7. The topological polar surface area (TPSA) is 90.9 Å². The predicted molar refractivity (Wildman–Crippen MR) is 97.4 cm³/mol. The lowest BCUT2D eigenvalue weighted by Crippen LogP contribution is -2.34. The van der Waals surface area contributed by atoms with Crippen molar-refractivity contribution in [2.45, 2.75) is 36.7 Å². The quantitative estimate of drug-likeness (QED) is 0.719. The zero-order chi connectivity index (χ0) is 18.7. The van der Waals surface area contributed by atoms with Gasteiger partial charge in [-0.05, 0) is 44.0 Å². The van der Waals surface area contributed by atoms with Gasteiger partial charge in [0.1, 0.15) is 0 Å². The highest BCUT2D eigenvalue weighted by molar-refractivity contribution is 7.89. The SMILES string of the molecule is Cn1ccc(Cn2c(=O)n(C)c3cc(S(=O)(=O)NC4(C)CC4)ccc32)n1. The Morgan fingerprint density at radius 2 is 1.92 bits per heavy atom. The first-order valence-corrected chi connectivity index (χ1v) is 9.89. The molecule has 0 amide bonds. The Morgan fingerprint density at radius 3 is 2.54 bits per heavy atom. The van der Waals surface area contributed by atoms with Crippen molar-refractivity contribution in [3.8, 4) is 0 Å². The third kappa shape index (κ3) is 2.86. The van der Waals surface area contributed by atoms with Crippen LogP contribution in [0.15, 0.2) is 40.2 Å². The number of benzene rings is 1. The van der Waals surface area contributed by atoms with E-state index in [1.807, 2.05) is 26.2 Å². The first kappa shape index (κ1) is 17.0. The molecule has 0 aliphatic heterocycles. The summed E-state index contributed by atoms with van der Waals surface area (Å²) in [6.45, 7) is 2.22. The number of nitrogens with zero attached hydrogens (tertiary/aromatic N) is 4. The van der Waals surface area contributed by atoms with E-state index in [0.29, 0.717) is 17.6 Å². The number of nitrogens with one attached hydrogen (secondary N) is 1. The van der Waals surface area contributed by atoms with Gasteiger partial charge in [0.25, 0.3) is 0 Å². The molecule has 0 bridgehead atoms. The molecule has 2 heterocycles. The maximum absolute atomic E-state index is 12.6. The first-order valence-electron chi connectivity index (χ1n) is 8.40. The summed E-state index contributed by atoms with van der Waals surface area (Å²) in [5, 5.41) is 4.31. The van der Waals surface area contributed by atoms with Crippen molar-refractivity contribution < 1.29 is 8.42 Å². The minimum atomic E-state index is -3.61. The number of aryl methyl sites for hydroxylation is 2. The van der Waals surface area contributed by atoms with Gasteiger partial charge in [0, 0.05) is 25.8 Å². The number of rotatable bonds is 5. The Bertz CT molecular complexity index is 1160. The second-order valence-electron chi connectivity index (χ2n) is 7.23. The first-order chi connectivity index (χ1) is 12.2. The van der Waals surface area contributed by atoms with Crippen LogP contribution >= 0.6 is 0 Å². The molecule has 1 aliphatic rings. The van der Waals surface area contributed by atoms with Crippen molar-refractivity contribution in [3.63, 3.8) is 0 Å². The Balaban J connectivity index is 1.77. The van der Waals surface area contributed by atoms with E-state index in [-0.39, 0.29) is 16.1 Å². The summed E-state index contributed by atoms with van der Waals surface area (Å²) in [6, 6.07) is 6.64. The molecule has 1 aliphatic carbocycles. The molecule has 0 saturated heterocycles. The molecule has 0 unspecified atom stereocenters. The van der Waals surface area contributed by atoms with Crippen LogP contribution in [0.5, 0.6) is 0 Å². The van der Waals surface area contributed by atoms with Crippen LogP contribution < -0.4 is 10.4 Å². The number of hydrogen-bond donors (Lipinski definition) is 1. The van der Waals surface area contributed by atoms with E-state index in [2.05, 4.69) is 9.82 Å². The smallest absolute Gasteiger partial charge is 0.295 e. The Labute approximate surface area is 151 Å². The van der Waals surface area contributed by atoms with Crippen molar-refractivity contribution in [2.75, 3.05) is 0 Å². The minimum absolute atomic E-state index is 0.170. The van der Waals surface area contributed by atoms with Crippen LogP contribution in [0.25, 0.3) is 11.0 Å². The van der Waals surface area contributed by atoms with Crippen LogP contribution in [0.4, 0.5) is 0 Å². The molecule has 8 nitrogen and oxygen atoms in total. The Hall–Kier alpha value is -2.39. The van der Waals surface area contributed by atoms with Crippen LogP contribution in [0.1, 0.15) is 25.5 Å². The van der Waals surface area contributed by atoms with Gasteiger partial charge in [-0.1, -0.05) is 0 Å². The van der Waals surface area contributed by atoms with Gasteiger partial charge >= 0.3 is 5.69 Å². The molecule has 2 aromatic heterocycles. The molecular formula is C17H21N5O3S. The van der Waals surface area contributed by atoms with Gasteiger partial charge in [-0.3, -0.25) is 13.8 Å². The van der Waals surface area contributed by atoms with Crippen molar-refractivity contribution >= 4 is 21.1 Å². The molecule has 3 aromatic rings. The summed E-state index contributed by atoms with van der Waals surface area (Å²) >= 11 is 0. The molecule has 1 aromatic carbocycles. The number of aromatic nitrogens is 4. The fourth-order valence-corrected chi connectivity index (χ4v) is 4.57. The average molecular weight is 375 g/mol. The van der Waals surface area contributed by atoms with Gasteiger partial charge in [0.2, 0.25) is 10.0 Å². The van der Waals surface area contributed by atoms with Gasteiger partial charge < -0.3 is 0 Å². The van der Waals surface area contributed by atoms with E-state index in [0.717, 1.165) is 18.5 Å². The molecular weight excluding hydrogens is 354 g/mol. The van der Waals surface area contributed by atoms with Crippen LogP contribution in [0.3, 0.4) is 0 Å². The molecule has 9 heteroatoms. The molecule has 26 heavy (non-hydrogen) atoms. The van der Waals surface area contributed by atoms with E-state index < -0.39 is 10.0 Å². The summed E-state index contributed by atoms with van der Waals surface area (Å²) < 4.78 is 32.7.